The molecule has 0 aliphatic rings. The molecule has 122 valence electrons. The van der Waals surface area contributed by atoms with Crippen LogP contribution in [0.5, 0.6) is 0 Å². The summed E-state index contributed by atoms with van der Waals surface area (Å²) in [6, 6.07) is 0. The molecule has 0 radical (unpaired) electrons. The number of hydrogen-bond acceptors (Lipinski definition) is 6. The zero-order valence-corrected chi connectivity index (χ0v) is 13.8. The first kappa shape index (κ1) is 16.1. The molecule has 8 nitrogen and oxygen atoms in total. The lowest BCUT2D eigenvalue weighted by molar-refractivity contribution is 0.0699. The predicted molar refractivity (Wildman–Crippen MR) is 88.5 cm³/mol. The topological polar surface area (TPSA) is 110 Å². The molecule has 1 amide bonds. The fraction of sp³-hybridized carbons (Fsp3) is 0.0714. The van der Waals surface area contributed by atoms with Crippen LogP contribution in [-0.2, 0) is 7.05 Å². The summed E-state index contributed by atoms with van der Waals surface area (Å²) in [6.07, 6.45) is 5.73. The Morgan fingerprint density at radius 1 is 1.33 bits per heavy atom. The van der Waals surface area contributed by atoms with E-state index in [1.165, 1.54) is 29.5 Å². The molecule has 3 heterocycles. The van der Waals surface area contributed by atoms with Gasteiger partial charge in [0.2, 0.25) is 0 Å². The molecule has 0 bridgehead atoms. The Morgan fingerprint density at radius 3 is 2.71 bits per heavy atom. The quantitative estimate of drug-likeness (QED) is 0.737. The summed E-state index contributed by atoms with van der Waals surface area (Å²) in [6.45, 7) is 0. The van der Waals surface area contributed by atoms with Crippen LogP contribution in [0, 0.1) is 0 Å². The third kappa shape index (κ3) is 2.86. The van der Waals surface area contributed by atoms with E-state index in [1.54, 1.807) is 12.4 Å². The molecule has 0 saturated heterocycles. The maximum absolute atomic E-state index is 12.3. The van der Waals surface area contributed by atoms with Crippen molar-refractivity contribution < 1.29 is 14.7 Å². The summed E-state index contributed by atoms with van der Waals surface area (Å²) in [5.74, 6) is -1.72. The van der Waals surface area contributed by atoms with Crippen molar-refractivity contribution in [3.63, 3.8) is 0 Å². The Balaban J connectivity index is 1.97. The van der Waals surface area contributed by atoms with Crippen molar-refractivity contribution in [2.75, 3.05) is 5.32 Å². The second-order valence-electron chi connectivity index (χ2n) is 4.68. The lowest BCUT2D eigenvalue weighted by Gasteiger charge is -2.05. The van der Waals surface area contributed by atoms with Crippen LogP contribution in [0.25, 0.3) is 11.3 Å². The minimum Gasteiger partial charge on any atom is -0.478 e. The maximum Gasteiger partial charge on any atom is 0.339 e. The van der Waals surface area contributed by atoms with Gasteiger partial charge in [-0.15, -0.1) is 11.3 Å². The fourth-order valence-corrected chi connectivity index (χ4v) is 3.15. The van der Waals surface area contributed by atoms with Crippen LogP contribution in [-0.4, -0.2) is 36.7 Å². The molecule has 0 fully saturated rings. The first-order chi connectivity index (χ1) is 11.5. The van der Waals surface area contributed by atoms with Gasteiger partial charge < -0.3 is 10.4 Å². The number of hydrogen-bond donors (Lipinski definition) is 2. The maximum atomic E-state index is 12.3. The van der Waals surface area contributed by atoms with E-state index in [4.69, 9.17) is 11.6 Å². The van der Waals surface area contributed by atoms with Crippen molar-refractivity contribution >= 4 is 39.8 Å². The molecule has 0 atom stereocenters. The highest BCUT2D eigenvalue weighted by molar-refractivity contribution is 7.15. The number of anilines is 1. The van der Waals surface area contributed by atoms with Gasteiger partial charge in [-0.2, -0.15) is 5.10 Å². The number of carboxylic acid groups (broad SMARTS) is 1. The number of carbonyl (C=O) groups is 2. The van der Waals surface area contributed by atoms with Gasteiger partial charge in [-0.25, -0.2) is 4.79 Å². The van der Waals surface area contributed by atoms with Gasteiger partial charge in [0, 0.05) is 30.4 Å². The number of nitrogens with zero attached hydrogens (tertiary/aromatic N) is 4. The van der Waals surface area contributed by atoms with Crippen LogP contribution in [0.15, 0.2) is 30.2 Å². The molecule has 10 heteroatoms. The molecule has 0 saturated carbocycles. The molecule has 0 aliphatic heterocycles. The molecule has 0 spiro atoms. The average molecular weight is 364 g/mol. The first-order valence-corrected chi connectivity index (χ1v) is 7.84. The Bertz CT molecular complexity index is 922. The number of aryl methyl sites for hydroxylation is 1. The molecule has 2 N–H and O–H groups in total. The van der Waals surface area contributed by atoms with Crippen molar-refractivity contribution in [1.29, 1.82) is 0 Å². The molecule has 24 heavy (non-hydrogen) atoms. The summed E-state index contributed by atoms with van der Waals surface area (Å²) in [7, 11) is 1.60. The number of nitrogens with one attached hydrogen (secondary N) is 1. The van der Waals surface area contributed by atoms with E-state index in [9.17, 15) is 14.7 Å². The van der Waals surface area contributed by atoms with Crippen molar-refractivity contribution in [3.05, 3.63) is 46.4 Å². The largest absolute Gasteiger partial charge is 0.478 e. The third-order valence-electron chi connectivity index (χ3n) is 3.18. The SMILES string of the molecule is Cn1ncc(C(=O)Nc2scc(-c3cnccn3)c2C(=O)O)c1Cl. The lowest BCUT2D eigenvalue weighted by atomic mass is 10.1. The van der Waals surface area contributed by atoms with Crippen LogP contribution in [0.4, 0.5) is 5.00 Å². The average Bonchev–Trinajstić information content (AvgIpc) is 3.13. The summed E-state index contributed by atoms with van der Waals surface area (Å²) in [5, 5.41) is 17.9. The van der Waals surface area contributed by atoms with Crippen LogP contribution < -0.4 is 5.32 Å². The van der Waals surface area contributed by atoms with Gasteiger partial charge in [-0.05, 0) is 0 Å². The molecular weight excluding hydrogens is 354 g/mol. The van der Waals surface area contributed by atoms with Crippen molar-refractivity contribution in [3.8, 4) is 11.3 Å². The van der Waals surface area contributed by atoms with E-state index in [1.807, 2.05) is 0 Å². The van der Waals surface area contributed by atoms with E-state index in [-0.39, 0.29) is 21.3 Å². The standard InChI is InChI=1S/C14H10ClN5O3S/c1-20-11(15)7(4-18-20)12(21)19-13-10(14(22)23)8(6-24-13)9-5-16-2-3-17-9/h2-6H,1H3,(H,19,21)(H,22,23). The number of rotatable bonds is 4. The van der Waals surface area contributed by atoms with E-state index < -0.39 is 11.9 Å². The Labute approximate surface area is 144 Å². The molecule has 0 aromatic carbocycles. The Hall–Kier alpha value is -2.78. The summed E-state index contributed by atoms with van der Waals surface area (Å²) in [4.78, 5) is 32.0. The zero-order chi connectivity index (χ0) is 17.3. The van der Waals surface area contributed by atoms with Crippen LogP contribution >= 0.6 is 22.9 Å². The van der Waals surface area contributed by atoms with Crippen LogP contribution in [0.1, 0.15) is 20.7 Å². The van der Waals surface area contributed by atoms with E-state index in [2.05, 4.69) is 20.4 Å². The smallest absolute Gasteiger partial charge is 0.339 e. The minimum atomic E-state index is -1.18. The predicted octanol–water partition coefficient (Wildman–Crippen LogP) is 2.54. The summed E-state index contributed by atoms with van der Waals surface area (Å²) >= 11 is 7.07. The second-order valence-corrected chi connectivity index (χ2v) is 5.91. The minimum absolute atomic E-state index is 0.0473. The highest BCUT2D eigenvalue weighted by Gasteiger charge is 2.23. The second kappa shape index (κ2) is 6.38. The molecular formula is C14H10ClN5O3S. The van der Waals surface area contributed by atoms with Gasteiger partial charge in [0.25, 0.3) is 5.91 Å². The number of aromatic carboxylic acids is 1. The number of thiophene rings is 1. The number of aromatic nitrogens is 4. The summed E-state index contributed by atoms with van der Waals surface area (Å²) < 4.78 is 1.34. The highest BCUT2D eigenvalue weighted by Crippen LogP contribution is 2.35. The monoisotopic (exact) mass is 363 g/mol. The Morgan fingerprint density at radius 2 is 2.12 bits per heavy atom. The fourth-order valence-electron chi connectivity index (χ4n) is 2.03. The zero-order valence-electron chi connectivity index (χ0n) is 12.2. The van der Waals surface area contributed by atoms with Crippen molar-refractivity contribution in [2.45, 2.75) is 0 Å². The van der Waals surface area contributed by atoms with E-state index in [0.29, 0.717) is 11.3 Å². The van der Waals surface area contributed by atoms with Gasteiger partial charge in [-0.3, -0.25) is 19.4 Å². The van der Waals surface area contributed by atoms with E-state index in [0.717, 1.165) is 11.3 Å². The van der Waals surface area contributed by atoms with E-state index >= 15 is 0 Å². The molecule has 3 aromatic heterocycles. The van der Waals surface area contributed by atoms with Crippen LogP contribution in [0.3, 0.4) is 0 Å². The number of halogens is 1. The molecule has 3 rings (SSSR count). The number of carboxylic acids is 1. The van der Waals surface area contributed by atoms with Gasteiger partial charge in [0.1, 0.15) is 15.7 Å². The molecule has 0 unspecified atom stereocenters. The Kier molecular flexibility index (Phi) is 4.28. The highest BCUT2D eigenvalue weighted by atomic mass is 35.5. The molecule has 0 aliphatic carbocycles. The van der Waals surface area contributed by atoms with Gasteiger partial charge >= 0.3 is 5.97 Å². The van der Waals surface area contributed by atoms with Crippen molar-refractivity contribution in [1.82, 2.24) is 19.7 Å². The lowest BCUT2D eigenvalue weighted by Crippen LogP contribution is -2.13. The number of amides is 1. The van der Waals surface area contributed by atoms with Gasteiger partial charge in [0.15, 0.2) is 0 Å². The van der Waals surface area contributed by atoms with Gasteiger partial charge in [0.05, 0.1) is 23.7 Å². The van der Waals surface area contributed by atoms with Crippen LogP contribution in [0.2, 0.25) is 5.15 Å². The normalized spacial score (nSPS) is 10.6. The van der Waals surface area contributed by atoms with Gasteiger partial charge in [-0.1, -0.05) is 11.6 Å². The third-order valence-corrected chi connectivity index (χ3v) is 4.53. The summed E-state index contributed by atoms with van der Waals surface area (Å²) in [5.41, 5.74) is 0.901. The molecule has 3 aromatic rings. The first-order valence-electron chi connectivity index (χ1n) is 6.59. The number of carbonyl (C=O) groups excluding carboxylic acids is 1. The van der Waals surface area contributed by atoms with Crippen molar-refractivity contribution in [2.24, 2.45) is 7.05 Å².